The topological polar surface area (TPSA) is 79.7 Å². The molecule has 2 aromatic carbocycles. The molecule has 0 aliphatic carbocycles. The smallest absolute Gasteiger partial charge is 0.363 e. The standard InChI is InChI=1S/C21H16BrClN2O5/c1-12-8-17(26)20(24-25(12)15-4-2-14(23)3-5-15)21(27)30-11-13-9-18-19(10-16(13)22)29-7-6-28-18/h2-5,8-10H,6-7,11H2,1H3. The number of nitrogens with zero attached hydrogens (tertiary/aromatic N) is 2. The zero-order valence-corrected chi connectivity index (χ0v) is 18.2. The predicted octanol–water partition coefficient (Wildman–Crippen LogP) is 4.09. The number of halogens is 2. The van der Waals surface area contributed by atoms with E-state index < -0.39 is 11.4 Å². The van der Waals surface area contributed by atoms with Crippen molar-refractivity contribution in [3.05, 3.63) is 79.1 Å². The average molecular weight is 492 g/mol. The first-order valence-corrected chi connectivity index (χ1v) is 10.2. The summed E-state index contributed by atoms with van der Waals surface area (Å²) in [5.41, 5.74) is 1.11. The van der Waals surface area contributed by atoms with E-state index in [0.717, 1.165) is 0 Å². The number of esters is 1. The maximum absolute atomic E-state index is 12.6. The van der Waals surface area contributed by atoms with E-state index in [-0.39, 0.29) is 12.3 Å². The molecule has 1 aromatic heterocycles. The molecule has 0 saturated heterocycles. The van der Waals surface area contributed by atoms with Crippen LogP contribution in [0.2, 0.25) is 5.02 Å². The molecule has 30 heavy (non-hydrogen) atoms. The number of carbonyl (C=O) groups is 1. The molecule has 0 saturated carbocycles. The van der Waals surface area contributed by atoms with Crippen molar-refractivity contribution in [1.29, 1.82) is 0 Å². The second kappa shape index (κ2) is 8.49. The van der Waals surface area contributed by atoms with Crippen LogP contribution in [0.3, 0.4) is 0 Å². The Morgan fingerprint density at radius 3 is 2.53 bits per heavy atom. The Hall–Kier alpha value is -2.84. The van der Waals surface area contributed by atoms with E-state index in [2.05, 4.69) is 21.0 Å². The molecular weight excluding hydrogens is 476 g/mol. The van der Waals surface area contributed by atoms with Gasteiger partial charge in [0.25, 0.3) is 0 Å². The Morgan fingerprint density at radius 1 is 1.17 bits per heavy atom. The van der Waals surface area contributed by atoms with Gasteiger partial charge in [-0.15, -0.1) is 0 Å². The van der Waals surface area contributed by atoms with Gasteiger partial charge in [0.15, 0.2) is 11.5 Å². The molecule has 0 atom stereocenters. The summed E-state index contributed by atoms with van der Waals surface area (Å²) in [7, 11) is 0. The molecule has 1 aliphatic heterocycles. The second-order valence-corrected chi connectivity index (χ2v) is 7.84. The summed E-state index contributed by atoms with van der Waals surface area (Å²) in [4.78, 5) is 24.9. The highest BCUT2D eigenvalue weighted by Crippen LogP contribution is 2.35. The summed E-state index contributed by atoms with van der Waals surface area (Å²) in [6, 6.07) is 11.7. The van der Waals surface area contributed by atoms with Crippen LogP contribution in [0.15, 0.2) is 51.7 Å². The van der Waals surface area contributed by atoms with Crippen molar-refractivity contribution in [2.45, 2.75) is 13.5 Å². The zero-order chi connectivity index (χ0) is 21.3. The number of ether oxygens (including phenoxy) is 3. The number of rotatable bonds is 4. The first-order chi connectivity index (χ1) is 14.4. The highest BCUT2D eigenvalue weighted by atomic mass is 79.9. The monoisotopic (exact) mass is 490 g/mol. The van der Waals surface area contributed by atoms with Crippen molar-refractivity contribution in [2.24, 2.45) is 0 Å². The van der Waals surface area contributed by atoms with E-state index in [1.165, 1.54) is 10.7 Å². The van der Waals surface area contributed by atoms with Gasteiger partial charge in [0.1, 0.15) is 19.8 Å². The van der Waals surface area contributed by atoms with Crippen molar-refractivity contribution in [3.63, 3.8) is 0 Å². The van der Waals surface area contributed by atoms with Crippen molar-refractivity contribution < 1.29 is 19.0 Å². The molecule has 0 radical (unpaired) electrons. The fraction of sp³-hybridized carbons (Fsp3) is 0.190. The van der Waals surface area contributed by atoms with Gasteiger partial charge >= 0.3 is 5.97 Å². The van der Waals surface area contributed by atoms with Crippen LogP contribution in [-0.2, 0) is 11.3 Å². The fourth-order valence-electron chi connectivity index (χ4n) is 2.96. The van der Waals surface area contributed by atoms with Gasteiger partial charge in [0.05, 0.1) is 5.69 Å². The summed E-state index contributed by atoms with van der Waals surface area (Å²) in [5, 5.41) is 4.78. The predicted molar refractivity (Wildman–Crippen MR) is 114 cm³/mol. The summed E-state index contributed by atoms with van der Waals surface area (Å²) in [6.07, 6.45) is 0. The third-order valence-corrected chi connectivity index (χ3v) is 5.43. The van der Waals surface area contributed by atoms with E-state index >= 15 is 0 Å². The molecule has 2 heterocycles. The van der Waals surface area contributed by atoms with E-state index in [1.807, 2.05) is 0 Å². The summed E-state index contributed by atoms with van der Waals surface area (Å²) in [5.74, 6) is 0.382. The van der Waals surface area contributed by atoms with Crippen LogP contribution in [0.4, 0.5) is 0 Å². The number of aryl methyl sites for hydroxylation is 1. The molecule has 0 spiro atoms. The van der Waals surface area contributed by atoms with Gasteiger partial charge < -0.3 is 14.2 Å². The Morgan fingerprint density at radius 2 is 1.83 bits per heavy atom. The lowest BCUT2D eigenvalue weighted by molar-refractivity contribution is 0.0460. The Labute approximate surface area is 185 Å². The SMILES string of the molecule is Cc1cc(=O)c(C(=O)OCc2cc3c(cc2Br)OCCO3)nn1-c1ccc(Cl)cc1. The minimum atomic E-state index is -0.815. The Bertz CT molecular complexity index is 1180. The number of carbonyl (C=O) groups excluding carboxylic acids is 1. The third-order valence-electron chi connectivity index (χ3n) is 4.44. The molecule has 7 nitrogen and oxygen atoms in total. The molecule has 3 aromatic rings. The normalized spacial score (nSPS) is 12.5. The van der Waals surface area contributed by atoms with E-state index in [0.29, 0.717) is 51.2 Å². The number of hydrogen-bond donors (Lipinski definition) is 0. The van der Waals surface area contributed by atoms with Crippen molar-refractivity contribution in [1.82, 2.24) is 9.78 Å². The molecular formula is C21H16BrClN2O5. The van der Waals surface area contributed by atoms with E-state index in [1.54, 1.807) is 43.3 Å². The molecule has 0 amide bonds. The molecule has 0 fully saturated rings. The quantitative estimate of drug-likeness (QED) is 0.512. The highest BCUT2D eigenvalue weighted by Gasteiger charge is 2.19. The summed E-state index contributed by atoms with van der Waals surface area (Å²) < 4.78 is 18.6. The molecule has 0 unspecified atom stereocenters. The largest absolute Gasteiger partial charge is 0.486 e. The van der Waals surface area contributed by atoms with Crippen molar-refractivity contribution >= 4 is 33.5 Å². The number of aromatic nitrogens is 2. The molecule has 0 N–H and O–H groups in total. The Kier molecular flexibility index (Phi) is 5.78. The lowest BCUT2D eigenvalue weighted by Crippen LogP contribution is -2.24. The number of fused-ring (bicyclic) bond motifs is 1. The second-order valence-electron chi connectivity index (χ2n) is 6.55. The third kappa shape index (κ3) is 4.20. The average Bonchev–Trinajstić information content (AvgIpc) is 2.73. The van der Waals surface area contributed by atoms with Crippen LogP contribution in [-0.4, -0.2) is 29.0 Å². The van der Waals surface area contributed by atoms with Gasteiger partial charge in [-0.05, 0) is 43.3 Å². The van der Waals surface area contributed by atoms with Crippen LogP contribution >= 0.6 is 27.5 Å². The van der Waals surface area contributed by atoms with Gasteiger partial charge in [0.2, 0.25) is 11.1 Å². The molecule has 4 rings (SSSR count). The van der Waals surface area contributed by atoms with Gasteiger partial charge in [-0.1, -0.05) is 27.5 Å². The van der Waals surface area contributed by atoms with Gasteiger partial charge in [-0.2, -0.15) is 5.10 Å². The van der Waals surface area contributed by atoms with Crippen LogP contribution in [0.1, 0.15) is 21.7 Å². The minimum Gasteiger partial charge on any atom is -0.486 e. The van der Waals surface area contributed by atoms with Gasteiger partial charge in [0, 0.05) is 26.8 Å². The van der Waals surface area contributed by atoms with Gasteiger partial charge in [-0.3, -0.25) is 4.79 Å². The van der Waals surface area contributed by atoms with E-state index in [9.17, 15) is 9.59 Å². The first-order valence-electron chi connectivity index (χ1n) is 9.04. The van der Waals surface area contributed by atoms with Crippen LogP contribution < -0.4 is 14.9 Å². The molecule has 1 aliphatic rings. The minimum absolute atomic E-state index is 0.0635. The lowest BCUT2D eigenvalue weighted by Gasteiger charge is -2.19. The first kappa shape index (κ1) is 20.4. The van der Waals surface area contributed by atoms with Crippen LogP contribution in [0.25, 0.3) is 5.69 Å². The molecule has 154 valence electrons. The van der Waals surface area contributed by atoms with Crippen molar-refractivity contribution in [2.75, 3.05) is 13.2 Å². The van der Waals surface area contributed by atoms with Crippen LogP contribution in [0, 0.1) is 6.92 Å². The summed E-state index contributed by atoms with van der Waals surface area (Å²) >= 11 is 9.36. The van der Waals surface area contributed by atoms with Crippen molar-refractivity contribution in [3.8, 4) is 17.2 Å². The van der Waals surface area contributed by atoms with Gasteiger partial charge in [-0.25, -0.2) is 9.48 Å². The molecule has 0 bridgehead atoms. The van der Waals surface area contributed by atoms with E-state index in [4.69, 9.17) is 25.8 Å². The van der Waals surface area contributed by atoms with Crippen LogP contribution in [0.5, 0.6) is 11.5 Å². The summed E-state index contributed by atoms with van der Waals surface area (Å²) in [6.45, 7) is 2.59. The maximum Gasteiger partial charge on any atom is 0.363 e. The highest BCUT2D eigenvalue weighted by molar-refractivity contribution is 9.10. The number of hydrogen-bond acceptors (Lipinski definition) is 6. The fourth-order valence-corrected chi connectivity index (χ4v) is 3.52. The molecule has 9 heteroatoms. The maximum atomic E-state index is 12.6. The Balaban J connectivity index is 1.57. The zero-order valence-electron chi connectivity index (χ0n) is 15.9. The number of benzene rings is 2. The lowest BCUT2D eigenvalue weighted by atomic mass is 10.2.